The largest absolute Gasteiger partial charge is 0.465 e. The van der Waals surface area contributed by atoms with Gasteiger partial charge in [0.25, 0.3) is 0 Å². The third-order valence-electron chi connectivity index (χ3n) is 5.38. The second-order valence-electron chi connectivity index (χ2n) is 8.79. The maximum atomic E-state index is 12.6. The Labute approximate surface area is 177 Å². The Morgan fingerprint density at radius 3 is 1.75 bits per heavy atom. The molecule has 0 aromatic heterocycles. The third kappa shape index (κ3) is 16.4. The van der Waals surface area contributed by atoms with Crippen molar-refractivity contribution < 1.29 is 9.53 Å². The van der Waals surface area contributed by atoms with Crippen LogP contribution in [0.25, 0.3) is 0 Å². The summed E-state index contributed by atoms with van der Waals surface area (Å²) in [5.74, 6) is 0.293. The van der Waals surface area contributed by atoms with Gasteiger partial charge < -0.3 is 9.55 Å². The van der Waals surface area contributed by atoms with Gasteiger partial charge in [-0.2, -0.15) is 0 Å². The minimum absolute atomic E-state index is 0.134. The van der Waals surface area contributed by atoms with Crippen LogP contribution in [-0.4, -0.2) is 38.0 Å². The summed E-state index contributed by atoms with van der Waals surface area (Å²) in [6.45, 7) is 10.1. The van der Waals surface area contributed by atoms with Crippen molar-refractivity contribution in [3.8, 4) is 0 Å². The molecule has 28 heavy (non-hydrogen) atoms. The molecule has 0 spiro atoms. The number of rotatable bonds is 20. The Hall–Kier alpha value is -0.505. The lowest BCUT2D eigenvalue weighted by Gasteiger charge is -2.28. The van der Waals surface area contributed by atoms with Crippen LogP contribution in [0.1, 0.15) is 124 Å². The summed E-state index contributed by atoms with van der Waals surface area (Å²) in [6.07, 6.45) is 18.2. The first kappa shape index (κ1) is 27.5. The first-order valence-corrected chi connectivity index (χ1v) is 12.2. The molecule has 0 aromatic carbocycles. The Kier molecular flexibility index (Phi) is 19.4. The molecule has 1 atom stereocenters. The number of ether oxygens (including phenoxy) is 1. The summed E-state index contributed by atoms with van der Waals surface area (Å²) < 4.78 is 5.57. The molecule has 0 fully saturated rings. The standard InChI is InChI=1S/C24H48BNO2/c1-5-7-9-11-13-15-17-19-26(25)23(21-22(3)4)24(27)28-20-18-16-14-12-10-8-6-2/h22-23H,5-21H2,1-4H3/t23-/m0/s1. The lowest BCUT2D eigenvalue weighted by atomic mass is 9.99. The second kappa shape index (κ2) is 19.8. The topological polar surface area (TPSA) is 29.5 Å². The van der Waals surface area contributed by atoms with Crippen molar-refractivity contribution in [1.82, 2.24) is 4.81 Å². The molecule has 0 heterocycles. The van der Waals surface area contributed by atoms with E-state index in [1.54, 1.807) is 4.81 Å². The lowest BCUT2D eigenvalue weighted by Crippen LogP contribution is -2.42. The fraction of sp³-hybridized carbons (Fsp3) is 0.958. The fourth-order valence-corrected chi connectivity index (χ4v) is 3.55. The highest BCUT2D eigenvalue weighted by Crippen LogP contribution is 2.14. The monoisotopic (exact) mass is 393 g/mol. The molecule has 2 radical (unpaired) electrons. The Bertz CT molecular complexity index is 349. The first-order valence-electron chi connectivity index (χ1n) is 12.2. The Morgan fingerprint density at radius 2 is 1.25 bits per heavy atom. The van der Waals surface area contributed by atoms with E-state index in [0.717, 1.165) is 32.2 Å². The van der Waals surface area contributed by atoms with Crippen LogP contribution in [0.5, 0.6) is 0 Å². The number of hydrogen-bond donors (Lipinski definition) is 0. The Morgan fingerprint density at radius 1 is 0.786 bits per heavy atom. The minimum atomic E-state index is -0.301. The molecule has 0 amide bonds. The third-order valence-corrected chi connectivity index (χ3v) is 5.38. The summed E-state index contributed by atoms with van der Waals surface area (Å²) in [5, 5.41) is 0. The molecule has 0 unspecified atom stereocenters. The lowest BCUT2D eigenvalue weighted by molar-refractivity contribution is -0.149. The summed E-state index contributed by atoms with van der Waals surface area (Å²) in [5.41, 5.74) is 0. The van der Waals surface area contributed by atoms with Gasteiger partial charge in [0, 0.05) is 0 Å². The zero-order valence-electron chi connectivity index (χ0n) is 19.5. The first-order chi connectivity index (χ1) is 13.5. The molecule has 0 aliphatic carbocycles. The summed E-state index contributed by atoms with van der Waals surface area (Å²) in [6, 6.07) is -0.301. The van der Waals surface area contributed by atoms with E-state index in [2.05, 4.69) is 27.7 Å². The van der Waals surface area contributed by atoms with E-state index < -0.39 is 0 Å². The van der Waals surface area contributed by atoms with Gasteiger partial charge in [0.05, 0.1) is 12.6 Å². The van der Waals surface area contributed by atoms with Gasteiger partial charge in [-0.05, 0) is 31.7 Å². The highest BCUT2D eigenvalue weighted by Gasteiger charge is 2.24. The van der Waals surface area contributed by atoms with E-state index in [0.29, 0.717) is 12.5 Å². The molecular weight excluding hydrogens is 345 g/mol. The zero-order chi connectivity index (χ0) is 21.0. The summed E-state index contributed by atoms with van der Waals surface area (Å²) in [7, 11) is 6.26. The van der Waals surface area contributed by atoms with Crippen molar-refractivity contribution >= 4 is 14.0 Å². The van der Waals surface area contributed by atoms with Crippen molar-refractivity contribution in [2.24, 2.45) is 5.92 Å². The minimum Gasteiger partial charge on any atom is -0.465 e. The van der Waals surface area contributed by atoms with Crippen molar-refractivity contribution in [3.05, 3.63) is 0 Å². The second-order valence-corrected chi connectivity index (χ2v) is 8.79. The molecule has 0 aliphatic heterocycles. The SMILES string of the molecule is [B]N(CCCCCCCCC)[C@@H](CC(C)C)C(=O)OCCCCCCCCC. The molecule has 0 bridgehead atoms. The molecule has 3 nitrogen and oxygen atoms in total. The normalized spacial score (nSPS) is 12.6. The predicted octanol–water partition coefficient (Wildman–Crippen LogP) is 6.83. The van der Waals surface area contributed by atoms with Crippen molar-refractivity contribution in [3.63, 3.8) is 0 Å². The van der Waals surface area contributed by atoms with Gasteiger partial charge in [0.15, 0.2) is 7.98 Å². The number of unbranched alkanes of at least 4 members (excludes halogenated alkanes) is 12. The van der Waals surface area contributed by atoms with E-state index >= 15 is 0 Å². The molecule has 0 saturated heterocycles. The molecule has 0 saturated carbocycles. The van der Waals surface area contributed by atoms with Gasteiger partial charge in [-0.3, -0.25) is 4.79 Å². The van der Waals surface area contributed by atoms with E-state index in [1.165, 1.54) is 70.6 Å². The summed E-state index contributed by atoms with van der Waals surface area (Å²) >= 11 is 0. The number of nitrogens with zero attached hydrogens (tertiary/aromatic N) is 1. The highest BCUT2D eigenvalue weighted by molar-refractivity contribution is 6.06. The smallest absolute Gasteiger partial charge is 0.322 e. The van der Waals surface area contributed by atoms with Crippen LogP contribution in [0, 0.1) is 5.92 Å². The van der Waals surface area contributed by atoms with Gasteiger partial charge in [-0.15, -0.1) is 0 Å². The van der Waals surface area contributed by atoms with Crippen LogP contribution in [0.15, 0.2) is 0 Å². The van der Waals surface area contributed by atoms with Crippen molar-refractivity contribution in [1.29, 1.82) is 0 Å². The van der Waals surface area contributed by atoms with Crippen LogP contribution in [0.2, 0.25) is 0 Å². The number of carbonyl (C=O) groups is 1. The number of carbonyl (C=O) groups excluding carboxylic acids is 1. The van der Waals surface area contributed by atoms with Gasteiger partial charge in [-0.25, -0.2) is 0 Å². The quantitative estimate of drug-likeness (QED) is 0.129. The summed E-state index contributed by atoms with van der Waals surface area (Å²) in [4.78, 5) is 14.3. The molecule has 0 aliphatic rings. The zero-order valence-corrected chi connectivity index (χ0v) is 19.5. The average molecular weight is 393 g/mol. The van der Waals surface area contributed by atoms with Gasteiger partial charge >= 0.3 is 5.97 Å². The predicted molar refractivity (Wildman–Crippen MR) is 123 cm³/mol. The number of esters is 1. The van der Waals surface area contributed by atoms with Gasteiger partial charge in [0.1, 0.15) is 0 Å². The van der Waals surface area contributed by atoms with E-state index in [4.69, 9.17) is 12.7 Å². The van der Waals surface area contributed by atoms with Gasteiger partial charge in [-0.1, -0.05) is 105 Å². The van der Waals surface area contributed by atoms with Crippen LogP contribution in [0.4, 0.5) is 0 Å². The van der Waals surface area contributed by atoms with Crippen LogP contribution >= 0.6 is 0 Å². The average Bonchev–Trinajstić information content (AvgIpc) is 2.67. The van der Waals surface area contributed by atoms with Crippen LogP contribution < -0.4 is 0 Å². The molecule has 0 aromatic rings. The van der Waals surface area contributed by atoms with E-state index in [9.17, 15) is 4.79 Å². The molecule has 0 rings (SSSR count). The molecular formula is C24H48BNO2. The Balaban J connectivity index is 4.03. The van der Waals surface area contributed by atoms with E-state index in [-0.39, 0.29) is 12.0 Å². The van der Waals surface area contributed by atoms with Gasteiger partial charge in [0.2, 0.25) is 0 Å². The highest BCUT2D eigenvalue weighted by atomic mass is 16.5. The van der Waals surface area contributed by atoms with E-state index in [1.807, 2.05) is 0 Å². The van der Waals surface area contributed by atoms with Crippen molar-refractivity contribution in [2.45, 2.75) is 130 Å². The molecule has 4 heteroatoms. The van der Waals surface area contributed by atoms with Crippen LogP contribution in [-0.2, 0) is 9.53 Å². The molecule has 164 valence electrons. The number of hydrogen-bond acceptors (Lipinski definition) is 3. The maximum absolute atomic E-state index is 12.6. The maximum Gasteiger partial charge on any atom is 0.322 e. The molecule has 0 N–H and O–H groups in total. The van der Waals surface area contributed by atoms with Crippen LogP contribution in [0.3, 0.4) is 0 Å². The van der Waals surface area contributed by atoms with Crippen molar-refractivity contribution in [2.75, 3.05) is 13.2 Å². The fourth-order valence-electron chi connectivity index (χ4n) is 3.55.